The molecular weight excluding hydrogens is 1070 g/mol. The minimum atomic E-state index is -4.91. The molecule has 0 aromatic rings. The van der Waals surface area contributed by atoms with Gasteiger partial charge in [0.25, 0.3) is 0 Å². The molecule has 0 radical (unpaired) electrons. The minimum absolute atomic E-state index is 0.115. The number of hydrogen-bond donors (Lipinski definition) is 4. The van der Waals surface area contributed by atoms with Gasteiger partial charge in [-0.1, -0.05) is 264 Å². The molecule has 16 nitrogen and oxygen atoms in total. The zero-order valence-electron chi connectivity index (χ0n) is 51.7. The van der Waals surface area contributed by atoms with Gasteiger partial charge >= 0.3 is 33.6 Å². The van der Waals surface area contributed by atoms with E-state index >= 15 is 0 Å². The molecule has 4 N–H and O–H groups in total. The smallest absolute Gasteiger partial charge is 0.463 e. The van der Waals surface area contributed by atoms with Crippen molar-refractivity contribution in [1.82, 2.24) is 0 Å². The number of carbonyl (C=O) groups is 3. The SMILES string of the molecule is CCCCCCCC/C=C\CCCCCCCC(=O)OCC(O)COP(=O)(O)OCC(O)COP(=O)(O)OCC(COC(=O)CCCCCCCCCCCCCCCCC)OC(=O)CCCCCCCCCCCCCCCCC. The van der Waals surface area contributed by atoms with E-state index in [9.17, 15) is 43.5 Å². The van der Waals surface area contributed by atoms with Gasteiger partial charge in [-0.3, -0.25) is 32.5 Å². The molecule has 480 valence electrons. The summed E-state index contributed by atoms with van der Waals surface area (Å²) in [7, 11) is -9.74. The Morgan fingerprint density at radius 2 is 0.580 bits per heavy atom. The zero-order chi connectivity index (χ0) is 59.6. The third-order valence-electron chi connectivity index (χ3n) is 14.5. The molecule has 0 saturated heterocycles. The highest BCUT2D eigenvalue weighted by molar-refractivity contribution is 7.47. The summed E-state index contributed by atoms with van der Waals surface area (Å²) in [6.07, 6.45) is 51.2. The number of esters is 3. The third-order valence-corrected chi connectivity index (χ3v) is 16.4. The number of hydrogen-bond acceptors (Lipinski definition) is 14. The van der Waals surface area contributed by atoms with E-state index in [0.29, 0.717) is 19.3 Å². The van der Waals surface area contributed by atoms with Gasteiger partial charge in [0.1, 0.15) is 25.4 Å². The van der Waals surface area contributed by atoms with Crippen LogP contribution in [0, 0.1) is 0 Å². The standard InChI is InChI=1S/C63H122O16P2/c1-4-7-10-13-16-19-22-25-28-31-34-37-40-43-46-49-61(66)73-52-58(64)53-75-80(69,70)76-54-59(65)55-77-81(71,72)78-57-60(79-63(68)51-48-45-42-39-36-33-30-27-24-21-18-15-12-9-6-3)56-74-62(67)50-47-44-41-38-35-32-29-26-23-20-17-14-11-8-5-2/h25,28,58-60,64-65H,4-24,26-27,29-57H2,1-3H3,(H,69,70)(H,71,72)/b28-25-. The van der Waals surface area contributed by atoms with Crippen LogP contribution in [0.3, 0.4) is 0 Å². The van der Waals surface area contributed by atoms with Crippen molar-refractivity contribution in [3.05, 3.63) is 12.2 Å². The Balaban J connectivity index is 4.66. The van der Waals surface area contributed by atoms with E-state index in [0.717, 1.165) is 77.0 Å². The Labute approximate surface area is 493 Å². The highest BCUT2D eigenvalue weighted by atomic mass is 31.2. The molecule has 81 heavy (non-hydrogen) atoms. The topological polar surface area (TPSA) is 231 Å². The lowest BCUT2D eigenvalue weighted by Gasteiger charge is -2.21. The second-order valence-corrected chi connectivity index (χ2v) is 25.5. The summed E-state index contributed by atoms with van der Waals surface area (Å²) in [6.45, 7) is 2.72. The van der Waals surface area contributed by atoms with Crippen LogP contribution in [0.25, 0.3) is 0 Å². The summed E-state index contributed by atoms with van der Waals surface area (Å²) < 4.78 is 60.8. The second-order valence-electron chi connectivity index (χ2n) is 22.6. The lowest BCUT2D eigenvalue weighted by Crippen LogP contribution is -2.30. The van der Waals surface area contributed by atoms with Gasteiger partial charge in [0.05, 0.1) is 26.4 Å². The number of aliphatic hydroxyl groups excluding tert-OH is 2. The van der Waals surface area contributed by atoms with Gasteiger partial charge in [-0.25, -0.2) is 9.13 Å². The first-order valence-electron chi connectivity index (χ1n) is 33.0. The van der Waals surface area contributed by atoms with Gasteiger partial charge < -0.3 is 34.2 Å². The predicted octanol–water partition coefficient (Wildman–Crippen LogP) is 17.5. The molecule has 0 amide bonds. The quantitative estimate of drug-likeness (QED) is 0.0146. The van der Waals surface area contributed by atoms with Gasteiger partial charge in [-0.15, -0.1) is 0 Å². The number of unbranched alkanes of at least 4 members (excludes halogenated alkanes) is 39. The normalized spacial score (nSPS) is 14.4. The maximum Gasteiger partial charge on any atom is 0.472 e. The van der Waals surface area contributed by atoms with Gasteiger partial charge in [0.15, 0.2) is 6.10 Å². The maximum atomic E-state index is 12.9. The molecule has 18 heteroatoms. The van der Waals surface area contributed by atoms with Gasteiger partial charge in [-0.2, -0.15) is 0 Å². The Morgan fingerprint density at radius 3 is 0.901 bits per heavy atom. The summed E-state index contributed by atoms with van der Waals surface area (Å²) in [6, 6.07) is 0. The number of allylic oxidation sites excluding steroid dienone is 2. The monoisotopic (exact) mass is 1200 g/mol. The molecule has 0 aromatic carbocycles. The van der Waals surface area contributed by atoms with Crippen molar-refractivity contribution in [2.45, 2.75) is 334 Å². The van der Waals surface area contributed by atoms with E-state index in [1.807, 2.05) is 0 Å². The molecular formula is C63H122O16P2. The molecule has 0 aliphatic carbocycles. The highest BCUT2D eigenvalue weighted by Crippen LogP contribution is 2.45. The Morgan fingerprint density at radius 1 is 0.333 bits per heavy atom. The summed E-state index contributed by atoms with van der Waals surface area (Å²) in [5.74, 6) is -1.55. The van der Waals surface area contributed by atoms with Crippen molar-refractivity contribution in [2.24, 2.45) is 0 Å². The van der Waals surface area contributed by atoms with Crippen molar-refractivity contribution in [3.8, 4) is 0 Å². The van der Waals surface area contributed by atoms with Gasteiger partial charge in [-0.05, 0) is 44.9 Å². The fraction of sp³-hybridized carbons (Fsp3) is 0.921. The average Bonchev–Trinajstić information content (AvgIpc) is 3.45. The molecule has 0 heterocycles. The molecule has 0 aromatic heterocycles. The van der Waals surface area contributed by atoms with Crippen molar-refractivity contribution in [2.75, 3.05) is 39.6 Å². The first-order chi connectivity index (χ1) is 39.2. The number of carbonyl (C=O) groups excluding carboxylic acids is 3. The Kier molecular flexibility index (Phi) is 57.4. The largest absolute Gasteiger partial charge is 0.472 e. The zero-order valence-corrected chi connectivity index (χ0v) is 53.5. The van der Waals surface area contributed by atoms with E-state index in [1.165, 1.54) is 180 Å². The van der Waals surface area contributed by atoms with Crippen molar-refractivity contribution in [1.29, 1.82) is 0 Å². The Bertz CT molecular complexity index is 1550. The number of rotatable bonds is 64. The first-order valence-corrected chi connectivity index (χ1v) is 36.0. The summed E-state index contributed by atoms with van der Waals surface area (Å²) in [5, 5.41) is 20.5. The van der Waals surface area contributed by atoms with Gasteiger partial charge in [0.2, 0.25) is 0 Å². The van der Waals surface area contributed by atoms with Crippen LogP contribution >= 0.6 is 15.6 Å². The summed E-state index contributed by atoms with van der Waals surface area (Å²) in [4.78, 5) is 58.2. The predicted molar refractivity (Wildman–Crippen MR) is 326 cm³/mol. The Hall–Kier alpha value is -1.71. The highest BCUT2D eigenvalue weighted by Gasteiger charge is 2.29. The fourth-order valence-electron chi connectivity index (χ4n) is 9.39. The van der Waals surface area contributed by atoms with Crippen molar-refractivity contribution < 1.29 is 75.8 Å². The van der Waals surface area contributed by atoms with Crippen LogP contribution in [0.15, 0.2) is 12.2 Å². The van der Waals surface area contributed by atoms with E-state index in [2.05, 4.69) is 32.9 Å². The van der Waals surface area contributed by atoms with Crippen LogP contribution in [-0.2, 0) is 55.8 Å². The van der Waals surface area contributed by atoms with Crippen LogP contribution in [-0.4, -0.2) is 95.9 Å². The molecule has 0 fully saturated rings. The third kappa shape index (κ3) is 59.8. The molecule has 0 rings (SSSR count). The van der Waals surface area contributed by atoms with E-state index < -0.39 is 91.5 Å². The first kappa shape index (κ1) is 79.3. The average molecular weight is 1200 g/mol. The molecule has 0 aliphatic rings. The number of phosphoric acid groups is 2. The van der Waals surface area contributed by atoms with E-state index in [4.69, 9.17) is 32.3 Å². The number of phosphoric ester groups is 2. The lowest BCUT2D eigenvalue weighted by atomic mass is 10.0. The molecule has 0 spiro atoms. The second kappa shape index (κ2) is 58.7. The van der Waals surface area contributed by atoms with Crippen LogP contribution < -0.4 is 0 Å². The van der Waals surface area contributed by atoms with Crippen LogP contribution in [0.2, 0.25) is 0 Å². The van der Waals surface area contributed by atoms with Crippen LogP contribution in [0.1, 0.15) is 316 Å². The fourth-order valence-corrected chi connectivity index (χ4v) is 11.0. The van der Waals surface area contributed by atoms with Crippen LogP contribution in [0.4, 0.5) is 0 Å². The summed E-state index contributed by atoms with van der Waals surface area (Å²) in [5.41, 5.74) is 0. The molecule has 0 bridgehead atoms. The maximum absolute atomic E-state index is 12.9. The minimum Gasteiger partial charge on any atom is -0.463 e. The molecule has 5 atom stereocenters. The van der Waals surface area contributed by atoms with Crippen LogP contribution in [0.5, 0.6) is 0 Å². The van der Waals surface area contributed by atoms with E-state index in [-0.39, 0.29) is 19.3 Å². The molecule has 0 saturated carbocycles. The van der Waals surface area contributed by atoms with E-state index in [1.54, 1.807) is 0 Å². The summed E-state index contributed by atoms with van der Waals surface area (Å²) >= 11 is 0. The lowest BCUT2D eigenvalue weighted by molar-refractivity contribution is -0.161. The number of aliphatic hydroxyl groups is 2. The van der Waals surface area contributed by atoms with Crippen molar-refractivity contribution >= 4 is 33.6 Å². The molecule has 0 aliphatic heterocycles. The van der Waals surface area contributed by atoms with Crippen molar-refractivity contribution in [3.63, 3.8) is 0 Å². The molecule has 5 unspecified atom stereocenters. The number of ether oxygens (including phenoxy) is 3. The van der Waals surface area contributed by atoms with Gasteiger partial charge in [0, 0.05) is 19.3 Å².